The maximum Gasteiger partial charge on any atom is 0.244 e. The van der Waals surface area contributed by atoms with Gasteiger partial charge in [0.2, 0.25) is 10.0 Å². The van der Waals surface area contributed by atoms with Gasteiger partial charge in [0.25, 0.3) is 0 Å². The number of nitriles is 1. The van der Waals surface area contributed by atoms with E-state index < -0.39 is 50.4 Å². The highest BCUT2D eigenvalue weighted by Crippen LogP contribution is 2.36. The molecule has 1 aliphatic heterocycles. The fourth-order valence-corrected chi connectivity index (χ4v) is 7.52. The topological polar surface area (TPSA) is 136 Å². The number of hydrogen-bond acceptors (Lipinski definition) is 7. The number of aliphatic hydroxyl groups is 2. The van der Waals surface area contributed by atoms with Crippen LogP contribution in [0.25, 0.3) is 0 Å². The molecule has 2 aromatic carbocycles. The highest BCUT2D eigenvalue weighted by Gasteiger charge is 2.55. The van der Waals surface area contributed by atoms with E-state index >= 15 is 0 Å². The standard InChI is InChI=1S/C19H19ClN2O6S2/c1-13-2-7-17(16(20)8-13)30(27,28)22-10-18(19(24,11-22)12-23)29(25,26)15-5-3-14(9-21)4-6-15/h2-8,18,23-24H,10-12H2,1H3/t18-,19+/m0/s1. The Kier molecular flexibility index (Phi) is 5.99. The molecule has 0 unspecified atom stereocenters. The third-order valence-corrected chi connectivity index (χ3v) is 9.65. The molecule has 0 bridgehead atoms. The molecule has 0 aromatic heterocycles. The molecule has 11 heteroatoms. The minimum atomic E-state index is -4.23. The van der Waals surface area contributed by atoms with Gasteiger partial charge in [-0.2, -0.15) is 9.57 Å². The van der Waals surface area contributed by atoms with Crippen LogP contribution in [0.1, 0.15) is 11.1 Å². The number of aryl methyl sites for hydroxylation is 1. The van der Waals surface area contributed by atoms with Gasteiger partial charge in [0.05, 0.1) is 28.2 Å². The quantitative estimate of drug-likeness (QED) is 0.667. The normalized spacial score (nSPS) is 22.7. The zero-order valence-electron chi connectivity index (χ0n) is 15.9. The van der Waals surface area contributed by atoms with Gasteiger partial charge < -0.3 is 10.2 Å². The van der Waals surface area contributed by atoms with Gasteiger partial charge in [0.15, 0.2) is 9.84 Å². The van der Waals surface area contributed by atoms with Gasteiger partial charge in [-0.1, -0.05) is 17.7 Å². The van der Waals surface area contributed by atoms with Crippen molar-refractivity contribution in [3.63, 3.8) is 0 Å². The lowest BCUT2D eigenvalue weighted by atomic mass is 10.1. The summed E-state index contributed by atoms with van der Waals surface area (Å²) in [6, 6.07) is 11.2. The molecule has 2 atom stereocenters. The molecule has 0 radical (unpaired) electrons. The maximum atomic E-state index is 13.1. The van der Waals surface area contributed by atoms with Crippen LogP contribution in [0.3, 0.4) is 0 Å². The van der Waals surface area contributed by atoms with Crippen LogP contribution in [0.15, 0.2) is 52.3 Å². The van der Waals surface area contributed by atoms with Crippen molar-refractivity contribution in [2.75, 3.05) is 19.7 Å². The van der Waals surface area contributed by atoms with Crippen molar-refractivity contribution < 1.29 is 27.0 Å². The Labute approximate surface area is 179 Å². The summed E-state index contributed by atoms with van der Waals surface area (Å²) >= 11 is 6.09. The summed E-state index contributed by atoms with van der Waals surface area (Å²) < 4.78 is 53.2. The number of nitrogens with zero attached hydrogens (tertiary/aromatic N) is 2. The zero-order chi connectivity index (χ0) is 22.3. The summed E-state index contributed by atoms with van der Waals surface area (Å²) in [5.74, 6) is 0. The molecular weight excluding hydrogens is 452 g/mol. The predicted octanol–water partition coefficient (Wildman–Crippen LogP) is 1.09. The number of sulfonamides is 1. The van der Waals surface area contributed by atoms with Gasteiger partial charge in [-0.25, -0.2) is 16.8 Å². The Balaban J connectivity index is 2.02. The Morgan fingerprint density at radius 2 is 1.83 bits per heavy atom. The molecule has 30 heavy (non-hydrogen) atoms. The van der Waals surface area contributed by atoms with Crippen LogP contribution < -0.4 is 0 Å². The molecule has 3 rings (SSSR count). The van der Waals surface area contributed by atoms with Crippen LogP contribution in [0.2, 0.25) is 5.02 Å². The Bertz CT molecular complexity index is 1220. The second-order valence-corrected chi connectivity index (χ2v) is 11.6. The smallest absolute Gasteiger partial charge is 0.244 e. The fraction of sp³-hybridized carbons (Fsp3) is 0.316. The van der Waals surface area contributed by atoms with Crippen molar-refractivity contribution in [3.05, 3.63) is 58.6 Å². The first-order chi connectivity index (χ1) is 14.0. The average molecular weight is 471 g/mol. The highest BCUT2D eigenvalue weighted by molar-refractivity contribution is 7.92. The minimum absolute atomic E-state index is 0.0269. The maximum absolute atomic E-state index is 13.1. The molecule has 2 N–H and O–H groups in total. The third kappa shape index (κ3) is 3.85. The first kappa shape index (κ1) is 22.7. The molecule has 1 saturated heterocycles. The zero-order valence-corrected chi connectivity index (χ0v) is 18.2. The molecule has 0 amide bonds. The van der Waals surface area contributed by atoms with Crippen LogP contribution >= 0.6 is 11.6 Å². The average Bonchev–Trinajstić information content (AvgIpc) is 3.07. The Hall–Kier alpha value is -2.00. The van der Waals surface area contributed by atoms with Crippen molar-refractivity contribution in [3.8, 4) is 6.07 Å². The second kappa shape index (κ2) is 7.92. The SMILES string of the molecule is Cc1ccc(S(=O)(=O)N2C[C@H](S(=O)(=O)c3ccc(C#N)cc3)[C@](O)(CO)C2)c(Cl)c1. The van der Waals surface area contributed by atoms with E-state index in [0.717, 1.165) is 9.87 Å². The van der Waals surface area contributed by atoms with Gasteiger partial charge in [-0.15, -0.1) is 0 Å². The monoisotopic (exact) mass is 470 g/mol. The lowest BCUT2D eigenvalue weighted by molar-refractivity contribution is 0.00160. The van der Waals surface area contributed by atoms with Crippen LogP contribution in [0.4, 0.5) is 0 Å². The molecule has 1 fully saturated rings. The van der Waals surface area contributed by atoms with Crippen LogP contribution in [-0.2, 0) is 19.9 Å². The number of benzene rings is 2. The predicted molar refractivity (Wildman–Crippen MR) is 109 cm³/mol. The fourth-order valence-electron chi connectivity index (χ4n) is 3.39. The summed E-state index contributed by atoms with van der Waals surface area (Å²) in [6.45, 7) is -0.397. The van der Waals surface area contributed by atoms with E-state index in [-0.39, 0.29) is 20.4 Å². The van der Waals surface area contributed by atoms with E-state index in [1.165, 1.54) is 36.4 Å². The van der Waals surface area contributed by atoms with Crippen molar-refractivity contribution in [1.29, 1.82) is 5.26 Å². The molecule has 0 spiro atoms. The number of hydrogen-bond donors (Lipinski definition) is 2. The van der Waals surface area contributed by atoms with Gasteiger partial charge in [-0.05, 0) is 48.9 Å². The van der Waals surface area contributed by atoms with Crippen molar-refractivity contribution in [2.45, 2.75) is 27.6 Å². The summed E-state index contributed by atoms with van der Waals surface area (Å²) in [6.07, 6.45) is 0. The van der Waals surface area contributed by atoms with Crippen LogP contribution in [0, 0.1) is 18.3 Å². The first-order valence-corrected chi connectivity index (χ1v) is 12.2. The van der Waals surface area contributed by atoms with Crippen molar-refractivity contribution >= 4 is 31.5 Å². The highest BCUT2D eigenvalue weighted by atomic mass is 35.5. The van der Waals surface area contributed by atoms with E-state index in [9.17, 15) is 27.0 Å². The van der Waals surface area contributed by atoms with Gasteiger partial charge in [0.1, 0.15) is 15.7 Å². The van der Waals surface area contributed by atoms with Gasteiger partial charge >= 0.3 is 0 Å². The van der Waals surface area contributed by atoms with E-state index in [1.54, 1.807) is 13.0 Å². The number of rotatable bonds is 5. The number of β-amino-alcohol motifs (C(OH)–C–C–N with tert-alkyl or cyclic N) is 1. The molecule has 0 aliphatic carbocycles. The van der Waals surface area contributed by atoms with Gasteiger partial charge in [-0.3, -0.25) is 0 Å². The number of sulfone groups is 1. The van der Waals surface area contributed by atoms with E-state index in [4.69, 9.17) is 16.9 Å². The number of halogens is 1. The minimum Gasteiger partial charge on any atom is -0.393 e. The third-order valence-electron chi connectivity index (χ3n) is 5.08. The summed E-state index contributed by atoms with van der Waals surface area (Å²) in [5.41, 5.74) is -1.22. The van der Waals surface area contributed by atoms with Crippen LogP contribution in [0.5, 0.6) is 0 Å². The molecule has 0 saturated carbocycles. The molecule has 1 aliphatic rings. The molecular formula is C19H19ClN2O6S2. The van der Waals surface area contributed by atoms with E-state index in [1.807, 2.05) is 6.07 Å². The largest absolute Gasteiger partial charge is 0.393 e. The molecule has 8 nitrogen and oxygen atoms in total. The van der Waals surface area contributed by atoms with E-state index in [2.05, 4.69) is 0 Å². The summed E-state index contributed by atoms with van der Waals surface area (Å²) in [7, 11) is -8.46. The summed E-state index contributed by atoms with van der Waals surface area (Å²) in [5, 5.41) is 27.8. The number of aliphatic hydroxyl groups excluding tert-OH is 1. The lowest BCUT2D eigenvalue weighted by Gasteiger charge is -2.26. The lowest BCUT2D eigenvalue weighted by Crippen LogP contribution is -2.49. The Morgan fingerprint density at radius 1 is 1.20 bits per heavy atom. The molecule has 160 valence electrons. The van der Waals surface area contributed by atoms with Gasteiger partial charge in [0, 0.05) is 13.1 Å². The van der Waals surface area contributed by atoms with Crippen molar-refractivity contribution in [1.82, 2.24) is 4.31 Å². The van der Waals surface area contributed by atoms with Crippen molar-refractivity contribution in [2.24, 2.45) is 0 Å². The first-order valence-electron chi connectivity index (χ1n) is 8.79. The summed E-state index contributed by atoms with van der Waals surface area (Å²) in [4.78, 5) is -0.405. The molecule has 2 aromatic rings. The second-order valence-electron chi connectivity index (χ2n) is 7.16. The Morgan fingerprint density at radius 3 is 2.37 bits per heavy atom. The van der Waals surface area contributed by atoms with E-state index in [0.29, 0.717) is 0 Å². The van der Waals surface area contributed by atoms with Crippen LogP contribution in [-0.4, -0.2) is 61.9 Å². The molecule has 1 heterocycles.